The summed E-state index contributed by atoms with van der Waals surface area (Å²) in [6.45, 7) is 4.20. The topological polar surface area (TPSA) is 72.9 Å². The molecule has 0 atom stereocenters. The van der Waals surface area contributed by atoms with Gasteiger partial charge in [-0.25, -0.2) is 8.42 Å². The van der Waals surface area contributed by atoms with Gasteiger partial charge in [-0.05, 0) is 62.1 Å². The maximum atomic E-state index is 13.0. The molecule has 0 aliphatic carbocycles. The Morgan fingerprint density at radius 3 is 2.10 bits per heavy atom. The lowest BCUT2D eigenvalue weighted by molar-refractivity contribution is -0.0881. The van der Waals surface area contributed by atoms with Crippen molar-refractivity contribution < 1.29 is 31.5 Å². The summed E-state index contributed by atoms with van der Waals surface area (Å²) >= 11 is 19.1. The fraction of sp³-hybridized carbons (Fsp3) is 0.280. The van der Waals surface area contributed by atoms with Crippen molar-refractivity contribution in [2.45, 2.75) is 46.2 Å². The van der Waals surface area contributed by atoms with Crippen LogP contribution in [0.2, 0.25) is 10.0 Å². The van der Waals surface area contributed by atoms with Crippen molar-refractivity contribution in [3.05, 3.63) is 85.8 Å². The molecule has 0 bridgehead atoms. The molecule has 0 fully saturated rings. The van der Waals surface area contributed by atoms with Crippen molar-refractivity contribution in [3.8, 4) is 0 Å². The molecule has 0 amide bonds. The van der Waals surface area contributed by atoms with Crippen LogP contribution in [0.3, 0.4) is 0 Å². The first-order valence-electron chi connectivity index (χ1n) is 11.8. The molecular weight excluding hydrogens is 710 g/mol. The predicted octanol–water partition coefficient (Wildman–Crippen LogP) is 9.87. The molecule has 0 radical (unpaired) electrons. The molecule has 40 heavy (non-hydrogen) atoms. The Balaban J connectivity index is 1.69. The highest BCUT2D eigenvalue weighted by Crippen LogP contribution is 2.53. The standard InChI is InChI=1S/C25H25BrCl2F2NO5PS3/c1-3-31(4-2)40(33,34)25-11-19(23(27)13-24(25)28)16-39-21-7-5-6-20(12-21)38-15-17-8-9-18(22(26)10-17)14-37(32,35-29)36-30/h5-13H,3-4,14-16H2,1-2H3. The Bertz CT molecular complexity index is 1490. The van der Waals surface area contributed by atoms with Gasteiger partial charge in [0.25, 0.3) is 0 Å². The minimum absolute atomic E-state index is 0.0385. The smallest absolute Gasteiger partial charge is 0.254 e. The van der Waals surface area contributed by atoms with E-state index in [0.717, 1.165) is 15.4 Å². The highest BCUT2D eigenvalue weighted by atomic mass is 79.9. The van der Waals surface area contributed by atoms with Crippen molar-refractivity contribution in [1.82, 2.24) is 4.31 Å². The molecule has 6 nitrogen and oxygen atoms in total. The lowest BCUT2D eigenvalue weighted by Crippen LogP contribution is -2.30. The van der Waals surface area contributed by atoms with Crippen LogP contribution in [0.1, 0.15) is 30.5 Å². The van der Waals surface area contributed by atoms with Crippen LogP contribution in [0.4, 0.5) is 9.05 Å². The third-order valence-corrected chi connectivity index (χ3v) is 12.6. The number of sulfonamides is 1. The fourth-order valence-electron chi connectivity index (χ4n) is 3.64. The van der Waals surface area contributed by atoms with Gasteiger partial charge in [0, 0.05) is 43.9 Å². The van der Waals surface area contributed by atoms with Crippen molar-refractivity contribution >= 4 is 80.3 Å². The predicted molar refractivity (Wildman–Crippen MR) is 162 cm³/mol. The summed E-state index contributed by atoms with van der Waals surface area (Å²) in [7, 11) is -8.23. The summed E-state index contributed by atoms with van der Waals surface area (Å²) in [6, 6.07) is 16.0. The van der Waals surface area contributed by atoms with Gasteiger partial charge in [0.15, 0.2) is 0 Å². The second-order valence-corrected chi connectivity index (χ2v) is 15.8. The van der Waals surface area contributed by atoms with Gasteiger partial charge in [-0.2, -0.15) is 4.31 Å². The van der Waals surface area contributed by atoms with Gasteiger partial charge < -0.3 is 0 Å². The third kappa shape index (κ3) is 8.69. The van der Waals surface area contributed by atoms with Crippen LogP contribution >= 0.6 is 70.3 Å². The molecule has 0 aliphatic rings. The lowest BCUT2D eigenvalue weighted by atomic mass is 10.2. The lowest BCUT2D eigenvalue weighted by Gasteiger charge is -2.20. The number of thioether (sulfide) groups is 2. The fourth-order valence-corrected chi connectivity index (χ4v) is 9.53. The summed E-state index contributed by atoms with van der Waals surface area (Å²) in [6.07, 6.45) is -0.562. The first-order valence-corrected chi connectivity index (χ1v) is 18.5. The maximum absolute atomic E-state index is 13.0. The number of rotatable bonds is 14. The van der Waals surface area contributed by atoms with Gasteiger partial charge in [-0.3, -0.25) is 4.57 Å². The molecule has 3 aromatic carbocycles. The molecule has 0 saturated carbocycles. The van der Waals surface area contributed by atoms with Crippen molar-refractivity contribution in [2.24, 2.45) is 0 Å². The largest absolute Gasteiger partial charge is 0.399 e. The van der Waals surface area contributed by atoms with E-state index in [2.05, 4.69) is 25.4 Å². The van der Waals surface area contributed by atoms with Gasteiger partial charge in [-0.15, -0.1) is 33.0 Å². The minimum atomic E-state index is -4.49. The molecule has 3 rings (SSSR count). The summed E-state index contributed by atoms with van der Waals surface area (Å²) in [5.41, 5.74) is 1.95. The normalized spacial score (nSPS) is 12.3. The van der Waals surface area contributed by atoms with Crippen LogP contribution in [-0.2, 0) is 41.7 Å². The number of hydrogen-bond acceptors (Lipinski definition) is 7. The molecule has 218 valence electrons. The number of hydrogen-bond donors (Lipinski definition) is 0. The summed E-state index contributed by atoms with van der Waals surface area (Å²) < 4.78 is 70.9. The summed E-state index contributed by atoms with van der Waals surface area (Å²) in [5.74, 6) is 1.04. The van der Waals surface area contributed by atoms with E-state index in [-0.39, 0.29) is 9.92 Å². The summed E-state index contributed by atoms with van der Waals surface area (Å²) in [4.78, 5) is 2.00. The van der Waals surface area contributed by atoms with E-state index < -0.39 is 23.8 Å². The van der Waals surface area contributed by atoms with Gasteiger partial charge in [-0.1, -0.05) is 71.2 Å². The van der Waals surface area contributed by atoms with Crippen LogP contribution in [0.5, 0.6) is 0 Å². The Hall–Kier alpha value is -0.660. The van der Waals surface area contributed by atoms with Crippen molar-refractivity contribution in [3.63, 3.8) is 0 Å². The molecule has 0 unspecified atom stereocenters. The van der Waals surface area contributed by atoms with E-state index in [4.69, 9.17) is 23.2 Å². The van der Waals surface area contributed by atoms with E-state index in [1.807, 2.05) is 24.3 Å². The van der Waals surface area contributed by atoms with Crippen LogP contribution in [0.25, 0.3) is 0 Å². The van der Waals surface area contributed by atoms with Crippen LogP contribution in [0, 0.1) is 0 Å². The SMILES string of the molecule is CCN(CC)S(=O)(=O)c1cc(CSc2cccc(SCc3ccc(CP(=O)(OF)OF)c(Br)c3)c2)c(Cl)cc1Cl. The third-order valence-electron chi connectivity index (χ3n) is 5.72. The second-order valence-electron chi connectivity index (χ2n) is 8.35. The molecule has 0 aliphatic heterocycles. The van der Waals surface area contributed by atoms with E-state index in [0.29, 0.717) is 45.2 Å². The Morgan fingerprint density at radius 1 is 0.900 bits per heavy atom. The van der Waals surface area contributed by atoms with Gasteiger partial charge in [0.2, 0.25) is 10.0 Å². The molecule has 0 spiro atoms. The van der Waals surface area contributed by atoms with E-state index in [1.165, 1.54) is 22.1 Å². The monoisotopic (exact) mass is 733 g/mol. The van der Waals surface area contributed by atoms with E-state index in [9.17, 15) is 22.0 Å². The first kappa shape index (κ1) is 33.8. The van der Waals surface area contributed by atoms with Crippen molar-refractivity contribution in [1.29, 1.82) is 0 Å². The zero-order valence-corrected chi connectivity index (χ0v) is 27.7. The Morgan fingerprint density at radius 2 is 1.52 bits per heavy atom. The zero-order chi connectivity index (χ0) is 29.5. The molecule has 0 N–H and O–H groups in total. The van der Waals surface area contributed by atoms with Crippen LogP contribution in [0.15, 0.2) is 73.8 Å². The Labute approximate surface area is 259 Å². The maximum Gasteiger partial charge on any atom is 0.399 e. The van der Waals surface area contributed by atoms with Crippen LogP contribution < -0.4 is 0 Å². The molecule has 0 heterocycles. The Kier molecular flexibility index (Phi) is 12.8. The average Bonchev–Trinajstić information content (AvgIpc) is 2.93. The van der Waals surface area contributed by atoms with Gasteiger partial charge in [0.05, 0.1) is 11.2 Å². The minimum Gasteiger partial charge on any atom is -0.254 e. The molecular formula is C25H25BrCl2F2NO5PS3. The van der Waals surface area contributed by atoms with Gasteiger partial charge in [0.1, 0.15) is 4.90 Å². The average molecular weight is 735 g/mol. The molecule has 3 aromatic rings. The van der Waals surface area contributed by atoms with E-state index in [1.54, 1.807) is 49.9 Å². The zero-order valence-electron chi connectivity index (χ0n) is 21.3. The first-order chi connectivity index (χ1) is 19.0. The van der Waals surface area contributed by atoms with Crippen molar-refractivity contribution in [2.75, 3.05) is 13.1 Å². The molecule has 0 saturated heterocycles. The van der Waals surface area contributed by atoms with Crippen LogP contribution in [-0.4, -0.2) is 25.8 Å². The summed E-state index contributed by atoms with van der Waals surface area (Å²) in [5, 5.41) is 0.479. The number of benzene rings is 3. The number of nitrogens with zero attached hydrogens (tertiary/aromatic N) is 1. The highest BCUT2D eigenvalue weighted by Gasteiger charge is 2.29. The number of halogens is 5. The second kappa shape index (κ2) is 15.2. The van der Waals surface area contributed by atoms with E-state index >= 15 is 0 Å². The highest BCUT2D eigenvalue weighted by molar-refractivity contribution is 9.10. The molecule has 0 aromatic heterocycles. The molecule has 15 heteroatoms. The van der Waals surface area contributed by atoms with Gasteiger partial charge >= 0.3 is 7.60 Å². The quantitative estimate of drug-likeness (QED) is 0.121.